The van der Waals surface area contributed by atoms with E-state index >= 15 is 0 Å². The number of β-amino-alcohol motifs (C(OH)–C–C–N with tert-alkyl or cyclic N) is 1. The van der Waals surface area contributed by atoms with Crippen molar-refractivity contribution in [2.45, 2.75) is 38.3 Å². The van der Waals surface area contributed by atoms with Crippen LogP contribution in [0.5, 0.6) is 0 Å². The number of carboxylic acid groups (broad SMARTS) is 1. The third-order valence-corrected chi connectivity index (χ3v) is 2.67. The Morgan fingerprint density at radius 1 is 1.50 bits per heavy atom. The van der Waals surface area contributed by atoms with Crippen LogP contribution in [-0.2, 0) is 4.79 Å². The maximum Gasteiger partial charge on any atom is 0.325 e. The van der Waals surface area contributed by atoms with Crippen molar-refractivity contribution >= 4 is 12.0 Å². The zero-order chi connectivity index (χ0) is 12.3. The number of rotatable bonds is 2. The van der Waals surface area contributed by atoms with Crippen molar-refractivity contribution in [3.8, 4) is 0 Å². The third kappa shape index (κ3) is 3.37. The summed E-state index contributed by atoms with van der Waals surface area (Å²) < 4.78 is 0. The number of carboxylic acids is 1. The van der Waals surface area contributed by atoms with Gasteiger partial charge in [-0.25, -0.2) is 4.79 Å². The minimum Gasteiger partial charge on any atom is -0.480 e. The maximum atomic E-state index is 11.6. The second-order valence-corrected chi connectivity index (χ2v) is 4.53. The lowest BCUT2D eigenvalue weighted by atomic mass is 9.95. The molecule has 3 N–H and O–H groups in total. The standard InChI is InChI=1S/C10H18N2O4/c1-7(8(13)14)11-9(15)12-5-3-4-10(2,16)6-12/h7,16H,3-6H2,1-2H3,(H,11,15)(H,13,14)/t7-,10?/m0/s1. The van der Waals surface area contributed by atoms with E-state index in [1.54, 1.807) is 6.92 Å². The van der Waals surface area contributed by atoms with Crippen LogP contribution in [0.2, 0.25) is 0 Å². The number of amides is 2. The molecule has 0 radical (unpaired) electrons. The summed E-state index contributed by atoms with van der Waals surface area (Å²) in [5.74, 6) is -1.07. The van der Waals surface area contributed by atoms with Gasteiger partial charge in [-0.05, 0) is 26.7 Å². The van der Waals surface area contributed by atoms with Gasteiger partial charge in [-0.2, -0.15) is 0 Å². The Kier molecular flexibility index (Phi) is 3.74. The number of nitrogens with zero attached hydrogens (tertiary/aromatic N) is 1. The van der Waals surface area contributed by atoms with Gasteiger partial charge < -0.3 is 20.4 Å². The Morgan fingerprint density at radius 3 is 2.62 bits per heavy atom. The molecule has 1 unspecified atom stereocenters. The quantitative estimate of drug-likeness (QED) is 0.623. The summed E-state index contributed by atoms with van der Waals surface area (Å²) in [6, 6.07) is -1.35. The normalized spacial score (nSPS) is 27.3. The molecule has 0 saturated carbocycles. The Hall–Kier alpha value is -1.30. The summed E-state index contributed by atoms with van der Waals surface area (Å²) in [4.78, 5) is 23.7. The van der Waals surface area contributed by atoms with Crippen LogP contribution < -0.4 is 5.32 Å². The van der Waals surface area contributed by atoms with Crippen molar-refractivity contribution in [1.82, 2.24) is 10.2 Å². The molecule has 1 aliphatic heterocycles. The molecule has 0 aromatic rings. The Morgan fingerprint density at radius 2 is 2.12 bits per heavy atom. The summed E-state index contributed by atoms with van der Waals surface area (Å²) in [6.07, 6.45) is 1.38. The SMILES string of the molecule is C[C@H](NC(=O)N1CCCC(C)(O)C1)C(=O)O. The second-order valence-electron chi connectivity index (χ2n) is 4.53. The lowest BCUT2D eigenvalue weighted by molar-refractivity contribution is -0.138. The number of piperidine rings is 1. The molecule has 92 valence electrons. The Balaban J connectivity index is 2.51. The number of carbonyl (C=O) groups excluding carboxylic acids is 1. The van der Waals surface area contributed by atoms with Gasteiger partial charge in [0.05, 0.1) is 12.1 Å². The fourth-order valence-corrected chi connectivity index (χ4v) is 1.73. The molecule has 2 amide bonds. The average molecular weight is 230 g/mol. The van der Waals surface area contributed by atoms with E-state index in [1.807, 2.05) is 0 Å². The van der Waals surface area contributed by atoms with Crippen molar-refractivity contribution in [2.24, 2.45) is 0 Å². The van der Waals surface area contributed by atoms with Crippen LogP contribution in [0, 0.1) is 0 Å². The molecular formula is C10H18N2O4. The molecule has 0 spiro atoms. The number of carbonyl (C=O) groups is 2. The molecule has 0 bridgehead atoms. The van der Waals surface area contributed by atoms with Crippen molar-refractivity contribution in [2.75, 3.05) is 13.1 Å². The molecule has 2 atom stereocenters. The van der Waals surface area contributed by atoms with E-state index in [-0.39, 0.29) is 6.54 Å². The van der Waals surface area contributed by atoms with Gasteiger partial charge in [0.1, 0.15) is 6.04 Å². The minimum atomic E-state index is -1.07. The van der Waals surface area contributed by atoms with E-state index < -0.39 is 23.6 Å². The number of likely N-dealkylation sites (tertiary alicyclic amines) is 1. The van der Waals surface area contributed by atoms with E-state index in [9.17, 15) is 14.7 Å². The summed E-state index contributed by atoms with van der Waals surface area (Å²) in [6.45, 7) is 3.87. The lowest BCUT2D eigenvalue weighted by Gasteiger charge is -2.37. The largest absolute Gasteiger partial charge is 0.480 e. The molecule has 1 rings (SSSR count). The van der Waals surface area contributed by atoms with Crippen LogP contribution in [0.15, 0.2) is 0 Å². The highest BCUT2D eigenvalue weighted by Gasteiger charge is 2.31. The second kappa shape index (κ2) is 4.69. The molecule has 1 heterocycles. The zero-order valence-corrected chi connectivity index (χ0v) is 9.56. The van der Waals surface area contributed by atoms with Gasteiger partial charge in [-0.1, -0.05) is 0 Å². The number of nitrogens with one attached hydrogen (secondary N) is 1. The van der Waals surface area contributed by atoms with Crippen molar-refractivity contribution in [3.05, 3.63) is 0 Å². The topological polar surface area (TPSA) is 89.9 Å². The highest BCUT2D eigenvalue weighted by molar-refractivity contribution is 5.82. The summed E-state index contributed by atoms with van der Waals surface area (Å²) in [5.41, 5.74) is -0.873. The summed E-state index contributed by atoms with van der Waals surface area (Å²) >= 11 is 0. The molecule has 0 aliphatic carbocycles. The van der Waals surface area contributed by atoms with Crippen molar-refractivity contribution < 1.29 is 19.8 Å². The minimum absolute atomic E-state index is 0.241. The lowest BCUT2D eigenvalue weighted by Crippen LogP contribution is -2.54. The summed E-state index contributed by atoms with van der Waals surface area (Å²) in [7, 11) is 0. The maximum absolute atomic E-state index is 11.6. The van der Waals surface area contributed by atoms with E-state index in [2.05, 4.69) is 5.32 Å². The van der Waals surface area contributed by atoms with Crippen LogP contribution in [0.4, 0.5) is 4.79 Å². The van der Waals surface area contributed by atoms with Gasteiger partial charge in [0, 0.05) is 6.54 Å². The Labute approximate surface area is 94.2 Å². The first-order chi connectivity index (χ1) is 7.32. The van der Waals surface area contributed by atoms with Crippen molar-refractivity contribution in [3.63, 3.8) is 0 Å². The number of urea groups is 1. The van der Waals surface area contributed by atoms with Crippen LogP contribution in [-0.4, -0.2) is 51.8 Å². The zero-order valence-electron chi connectivity index (χ0n) is 9.56. The summed E-state index contributed by atoms with van der Waals surface area (Å²) in [5, 5.41) is 20.8. The fourth-order valence-electron chi connectivity index (χ4n) is 1.73. The first-order valence-electron chi connectivity index (χ1n) is 5.32. The van der Waals surface area contributed by atoms with Crippen LogP contribution in [0.3, 0.4) is 0 Å². The van der Waals surface area contributed by atoms with Gasteiger partial charge in [0.25, 0.3) is 0 Å². The molecular weight excluding hydrogens is 212 g/mol. The van der Waals surface area contributed by atoms with E-state index in [4.69, 9.17) is 5.11 Å². The first kappa shape index (κ1) is 12.8. The molecule has 0 aromatic heterocycles. The van der Waals surface area contributed by atoms with Gasteiger partial charge in [-0.15, -0.1) is 0 Å². The highest BCUT2D eigenvalue weighted by Crippen LogP contribution is 2.20. The van der Waals surface area contributed by atoms with E-state index in [1.165, 1.54) is 11.8 Å². The van der Waals surface area contributed by atoms with Gasteiger partial charge in [0.2, 0.25) is 0 Å². The number of aliphatic carboxylic acids is 1. The predicted octanol–water partition coefficient (Wildman–Crippen LogP) is 0.0159. The van der Waals surface area contributed by atoms with Gasteiger partial charge in [-0.3, -0.25) is 4.79 Å². The van der Waals surface area contributed by atoms with Gasteiger partial charge >= 0.3 is 12.0 Å². The number of hydrogen-bond acceptors (Lipinski definition) is 3. The predicted molar refractivity (Wildman–Crippen MR) is 57.1 cm³/mol. The number of aliphatic hydroxyl groups is 1. The first-order valence-corrected chi connectivity index (χ1v) is 5.32. The molecule has 0 aromatic carbocycles. The number of hydrogen-bond donors (Lipinski definition) is 3. The average Bonchev–Trinajstić information content (AvgIpc) is 2.15. The van der Waals surface area contributed by atoms with Crippen molar-refractivity contribution in [1.29, 1.82) is 0 Å². The monoisotopic (exact) mass is 230 g/mol. The molecule has 1 saturated heterocycles. The smallest absolute Gasteiger partial charge is 0.325 e. The van der Waals surface area contributed by atoms with Gasteiger partial charge in [0.15, 0.2) is 0 Å². The highest BCUT2D eigenvalue weighted by atomic mass is 16.4. The Bertz CT molecular complexity index is 291. The third-order valence-electron chi connectivity index (χ3n) is 2.67. The van der Waals surface area contributed by atoms with Crippen LogP contribution in [0.1, 0.15) is 26.7 Å². The molecule has 6 nitrogen and oxygen atoms in total. The van der Waals surface area contributed by atoms with E-state index in [0.29, 0.717) is 13.0 Å². The molecule has 16 heavy (non-hydrogen) atoms. The molecule has 1 aliphatic rings. The van der Waals surface area contributed by atoms with E-state index in [0.717, 1.165) is 6.42 Å². The molecule has 1 fully saturated rings. The fraction of sp³-hybridized carbons (Fsp3) is 0.800. The van der Waals surface area contributed by atoms with Crippen LogP contribution >= 0.6 is 0 Å². The van der Waals surface area contributed by atoms with Crippen LogP contribution in [0.25, 0.3) is 0 Å². The molecule has 6 heteroatoms.